The van der Waals surface area contributed by atoms with Crippen molar-refractivity contribution in [3.8, 4) is 0 Å². The minimum Gasteiger partial charge on any atom is -0.701 e. The maximum absolute atomic E-state index is 8.18. The Hall–Kier alpha value is -1.37. The van der Waals surface area contributed by atoms with E-state index in [0.29, 0.717) is 5.70 Å². The van der Waals surface area contributed by atoms with E-state index in [9.17, 15) is 0 Å². The number of nitrogens with zero attached hydrogens (tertiary/aromatic N) is 1. The molecule has 3 unspecified atom stereocenters. The molecule has 4 nitrogen and oxygen atoms in total. The van der Waals surface area contributed by atoms with Crippen LogP contribution in [-0.4, -0.2) is 18.6 Å². The van der Waals surface area contributed by atoms with Gasteiger partial charge < -0.3 is 15.3 Å². The molecule has 0 bridgehead atoms. The summed E-state index contributed by atoms with van der Waals surface area (Å²) in [5.41, 5.74) is 11.6. The first-order chi connectivity index (χ1) is 11.2. The fourth-order valence-electron chi connectivity index (χ4n) is 1.76. The van der Waals surface area contributed by atoms with Crippen LogP contribution in [0.2, 0.25) is 0 Å². The molecule has 2 aromatic rings. The second-order valence-corrected chi connectivity index (χ2v) is 5.32. The van der Waals surface area contributed by atoms with Gasteiger partial charge in [-0.1, -0.05) is 42.5 Å². The van der Waals surface area contributed by atoms with Gasteiger partial charge in [0.2, 0.25) is 0 Å². The number of carbonyl (C=O) groups excluding carboxylic acids is 2. The Morgan fingerprint density at radius 2 is 1.67 bits per heavy atom. The summed E-state index contributed by atoms with van der Waals surface area (Å²) >= 11 is 0. The first kappa shape index (κ1) is 24.9. The third-order valence-electron chi connectivity index (χ3n) is 2.81. The molecule has 3 atom stereocenters. The molecule has 0 fully saturated rings. The van der Waals surface area contributed by atoms with Crippen LogP contribution in [0.1, 0.15) is 22.6 Å². The van der Waals surface area contributed by atoms with Crippen molar-refractivity contribution in [2.24, 2.45) is 0 Å². The Morgan fingerprint density at radius 1 is 1.08 bits per heavy atom. The van der Waals surface area contributed by atoms with Crippen LogP contribution in [0.5, 0.6) is 0 Å². The predicted octanol–water partition coefficient (Wildman–Crippen LogP) is 3.92. The maximum Gasteiger partial charge on any atom is 3.00 e. The Bertz CT molecular complexity index is 611. The average Bonchev–Trinajstić information content (AvgIpc) is 2.65. The van der Waals surface area contributed by atoms with Crippen LogP contribution in [0.25, 0.3) is 11.8 Å². The maximum atomic E-state index is 8.18. The number of pyridine rings is 1. The number of hydrogen-bond donors (Lipinski definition) is 0. The van der Waals surface area contributed by atoms with Gasteiger partial charge in [-0.25, -0.2) is 0 Å². The molecular weight excluding hydrogens is 381 g/mol. The topological polar surface area (TPSA) is 70.8 Å². The van der Waals surface area contributed by atoms with Crippen molar-refractivity contribution >= 4 is 38.1 Å². The molecule has 0 aliphatic carbocycles. The zero-order chi connectivity index (χ0) is 17.7. The van der Waals surface area contributed by atoms with E-state index in [4.69, 9.17) is 15.3 Å². The second-order valence-electron chi connectivity index (χ2n) is 4.25. The van der Waals surface area contributed by atoms with Crippen LogP contribution in [0.3, 0.4) is 0 Å². The smallest absolute Gasteiger partial charge is 0.701 e. The number of rotatable bonds is 4. The van der Waals surface area contributed by atoms with E-state index in [1.165, 1.54) is 0 Å². The van der Waals surface area contributed by atoms with Gasteiger partial charge in [0.15, 0.2) is 0 Å². The van der Waals surface area contributed by atoms with E-state index in [1.54, 1.807) is 0 Å². The van der Waals surface area contributed by atoms with Crippen molar-refractivity contribution in [2.45, 2.75) is 11.8 Å². The number of nitrogens with one attached hydrogen (secondary N) is 1. The third kappa shape index (κ3) is 8.47. The van der Waals surface area contributed by atoms with Gasteiger partial charge in [0.1, 0.15) is 0 Å². The molecule has 7 heteroatoms. The van der Waals surface area contributed by atoms with Gasteiger partial charge in [-0.3, -0.25) is 18.6 Å². The molecule has 0 saturated heterocycles. The summed E-state index contributed by atoms with van der Waals surface area (Å²) in [6.45, 7) is 6.50. The molecule has 0 amide bonds. The van der Waals surface area contributed by atoms with Gasteiger partial charge in [-0.15, -0.1) is 18.5 Å². The molecule has 24 heavy (non-hydrogen) atoms. The molecule has 2 rings (SSSR count). The van der Waals surface area contributed by atoms with E-state index in [1.807, 2.05) is 54.6 Å². The van der Waals surface area contributed by atoms with Crippen molar-refractivity contribution in [1.29, 1.82) is 0 Å². The van der Waals surface area contributed by atoms with Crippen molar-refractivity contribution in [1.82, 2.24) is 4.98 Å². The van der Waals surface area contributed by atoms with Crippen molar-refractivity contribution in [2.75, 3.05) is 0 Å². The Morgan fingerprint density at radius 3 is 2.21 bits per heavy atom. The fourth-order valence-corrected chi connectivity index (χ4v) is 2.27. The fraction of sp³-hybridized carbons (Fsp3) is 0.118. The first-order valence-corrected chi connectivity index (χ1v) is 8.06. The molecule has 0 saturated carbocycles. The third-order valence-corrected chi connectivity index (χ3v) is 3.93. The van der Waals surface area contributed by atoms with Crippen LogP contribution in [0.4, 0.5) is 0 Å². The monoisotopic (exact) mass is 400 g/mol. The molecule has 0 spiro atoms. The number of aromatic nitrogens is 1. The van der Waals surface area contributed by atoms with Crippen LogP contribution in [0, 0.1) is 0 Å². The normalized spacial score (nSPS) is 10.8. The molecule has 126 valence electrons. The van der Waals surface area contributed by atoms with Gasteiger partial charge >= 0.3 is 17.1 Å². The second kappa shape index (κ2) is 15.2. The van der Waals surface area contributed by atoms with Gasteiger partial charge in [0.05, 0.1) is 5.69 Å². The Labute approximate surface area is 158 Å². The van der Waals surface area contributed by atoms with Crippen LogP contribution in [0.15, 0.2) is 54.2 Å². The summed E-state index contributed by atoms with van der Waals surface area (Å²) in [5, 5.41) is 0. The first-order valence-electron chi connectivity index (χ1n) is 6.57. The Kier molecular flexibility index (Phi) is 15.7. The van der Waals surface area contributed by atoms with Crippen molar-refractivity contribution in [3.05, 3.63) is 76.9 Å². The van der Waals surface area contributed by atoms with E-state index >= 15 is 0 Å². The van der Waals surface area contributed by atoms with Crippen molar-refractivity contribution < 1.29 is 26.7 Å². The van der Waals surface area contributed by atoms with E-state index in [0.717, 1.165) is 23.1 Å². The van der Waals surface area contributed by atoms with Gasteiger partial charge in [-0.2, -0.15) is 5.70 Å². The molecule has 1 heterocycles. The largest absolute Gasteiger partial charge is 3.00 e. The quantitative estimate of drug-likeness (QED) is 0.338. The van der Waals surface area contributed by atoms with E-state index in [2.05, 4.69) is 37.0 Å². The predicted molar refractivity (Wildman–Crippen MR) is 102 cm³/mol. The van der Waals surface area contributed by atoms with Crippen molar-refractivity contribution in [3.63, 3.8) is 0 Å². The molecular formula is C17H19MnN2O2P2. The van der Waals surface area contributed by atoms with Crippen LogP contribution >= 0.6 is 18.5 Å². The average molecular weight is 400 g/mol. The zero-order valence-electron chi connectivity index (χ0n) is 12.9. The summed E-state index contributed by atoms with van der Waals surface area (Å²) < 4.78 is 0. The SMILES string of the molecule is [CH-]=O.[CH-]=O.[Mn+3].[NH-]/C(=C\c1ccccc1)C(P)c1cccc(CP)n1. The minimum atomic E-state index is -0.0725. The zero-order valence-corrected chi connectivity index (χ0v) is 16.4. The molecule has 0 radical (unpaired) electrons. The summed E-state index contributed by atoms with van der Waals surface area (Å²) in [4.78, 5) is 20.1. The number of allylic oxidation sites excluding steroid dienone is 1. The van der Waals surface area contributed by atoms with E-state index in [-0.39, 0.29) is 22.7 Å². The minimum absolute atomic E-state index is 0. The Balaban J connectivity index is 0. The molecule has 1 aromatic heterocycles. The van der Waals surface area contributed by atoms with Gasteiger partial charge in [0.25, 0.3) is 0 Å². The molecule has 1 N–H and O–H groups in total. The molecule has 1 aromatic carbocycles. The van der Waals surface area contributed by atoms with Crippen LogP contribution < -0.4 is 0 Å². The molecule has 0 aliphatic rings. The van der Waals surface area contributed by atoms with Crippen LogP contribution in [-0.2, 0) is 32.8 Å². The number of hydrogen-bond acceptors (Lipinski definition) is 3. The summed E-state index contributed by atoms with van der Waals surface area (Å²) in [6.07, 6.45) is 2.72. The summed E-state index contributed by atoms with van der Waals surface area (Å²) in [7, 11) is 5.37. The standard InChI is InChI=1S/C15H17N2P2.2CHO.Mn/c16-13(9-11-5-2-1-3-6-11)15(19)14-8-4-7-12(10-18)17-14;2*1-2;/h1-9,15-16H,10,18-19H2;2*1H;/q3*-1;+3/b13-9-;;;. The summed E-state index contributed by atoms with van der Waals surface area (Å²) in [6, 6.07) is 15.9. The van der Waals surface area contributed by atoms with Gasteiger partial charge in [0, 0.05) is 17.5 Å². The van der Waals surface area contributed by atoms with Gasteiger partial charge in [-0.05, 0) is 17.7 Å². The van der Waals surface area contributed by atoms with E-state index < -0.39 is 0 Å². The molecule has 0 aliphatic heterocycles. The number of benzene rings is 1. The summed E-state index contributed by atoms with van der Waals surface area (Å²) in [5.74, 6) is 0.